The molecule has 3 aromatic carbocycles. The predicted octanol–water partition coefficient (Wildman–Crippen LogP) is 8.30. The minimum atomic E-state index is -4.74. The molecule has 9 heteroatoms. The smallest absolute Gasteiger partial charge is 0.417 e. The number of aromatic nitrogens is 1. The van der Waals surface area contributed by atoms with Gasteiger partial charge in [-0.25, -0.2) is 9.37 Å². The zero-order valence-corrected chi connectivity index (χ0v) is 20.1. The lowest BCUT2D eigenvalue weighted by Gasteiger charge is -2.15. The first kappa shape index (κ1) is 25.5. The zero-order chi connectivity index (χ0) is 25.7. The number of alkyl halides is 3. The van der Waals surface area contributed by atoms with Crippen molar-refractivity contribution in [2.75, 3.05) is 0 Å². The summed E-state index contributed by atoms with van der Waals surface area (Å²) in [4.78, 5) is 4.39. The molecule has 0 saturated heterocycles. The molecule has 0 bridgehead atoms. The molecule has 0 amide bonds. The minimum Gasteiger partial charge on any atom is -0.489 e. The van der Waals surface area contributed by atoms with E-state index in [1.54, 1.807) is 66.7 Å². The fourth-order valence-corrected chi connectivity index (χ4v) is 4.62. The van der Waals surface area contributed by atoms with Crippen LogP contribution < -0.4 is 4.74 Å². The van der Waals surface area contributed by atoms with E-state index in [1.807, 2.05) is 0 Å². The lowest BCUT2D eigenvalue weighted by atomic mass is 10.1. The van der Waals surface area contributed by atoms with Crippen molar-refractivity contribution in [1.29, 1.82) is 5.26 Å². The third kappa shape index (κ3) is 6.17. The monoisotopic (exact) mass is 528 g/mol. The summed E-state index contributed by atoms with van der Waals surface area (Å²) < 4.78 is 60.2. The molecule has 0 aliphatic rings. The first-order valence-electron chi connectivity index (χ1n) is 10.6. The van der Waals surface area contributed by atoms with Crippen molar-refractivity contribution in [2.45, 2.75) is 23.6 Å². The quantitative estimate of drug-likeness (QED) is 0.179. The van der Waals surface area contributed by atoms with Crippen molar-refractivity contribution in [2.24, 2.45) is 0 Å². The van der Waals surface area contributed by atoms with Crippen LogP contribution >= 0.6 is 23.4 Å². The lowest BCUT2D eigenvalue weighted by molar-refractivity contribution is -0.138. The molecule has 0 unspecified atom stereocenters. The molecule has 3 nitrogen and oxygen atoms in total. The summed E-state index contributed by atoms with van der Waals surface area (Å²) in [6.45, 7) is 0.204. The second-order valence-electron chi connectivity index (χ2n) is 7.66. The Kier molecular flexibility index (Phi) is 7.82. The Morgan fingerprint density at radius 2 is 1.67 bits per heavy atom. The van der Waals surface area contributed by atoms with Crippen LogP contribution in [0.1, 0.15) is 22.3 Å². The molecule has 0 saturated carbocycles. The fourth-order valence-electron chi connectivity index (χ4n) is 3.34. The molecule has 0 spiro atoms. The third-order valence-corrected chi connectivity index (χ3v) is 6.59. The second-order valence-corrected chi connectivity index (χ2v) is 9.04. The van der Waals surface area contributed by atoms with Crippen molar-refractivity contribution < 1.29 is 22.3 Å². The van der Waals surface area contributed by atoms with Crippen molar-refractivity contribution in [3.05, 3.63) is 112 Å². The fraction of sp³-hybridized carbons (Fsp3) is 0.111. The van der Waals surface area contributed by atoms with Gasteiger partial charge in [-0.2, -0.15) is 18.4 Å². The van der Waals surface area contributed by atoms with Gasteiger partial charge >= 0.3 is 6.18 Å². The van der Waals surface area contributed by atoms with Crippen molar-refractivity contribution in [3.63, 3.8) is 0 Å². The van der Waals surface area contributed by atoms with Gasteiger partial charge in [-0.3, -0.25) is 0 Å². The first-order chi connectivity index (χ1) is 17.2. The van der Waals surface area contributed by atoms with Gasteiger partial charge in [0, 0.05) is 16.3 Å². The Morgan fingerprint density at radius 3 is 2.31 bits per heavy atom. The molecule has 4 aromatic rings. The number of nitrogens with zero attached hydrogens (tertiary/aromatic N) is 2. The van der Waals surface area contributed by atoms with E-state index in [-0.39, 0.29) is 28.9 Å². The van der Waals surface area contributed by atoms with E-state index in [0.29, 0.717) is 16.3 Å². The van der Waals surface area contributed by atoms with Gasteiger partial charge in [-0.15, -0.1) is 11.8 Å². The molecule has 36 heavy (non-hydrogen) atoms. The molecular formula is C27H17ClF4N2OS. The number of pyridine rings is 1. The largest absolute Gasteiger partial charge is 0.489 e. The molecular weight excluding hydrogens is 512 g/mol. The number of benzene rings is 3. The van der Waals surface area contributed by atoms with Crippen molar-refractivity contribution in [1.82, 2.24) is 4.98 Å². The first-order valence-corrected chi connectivity index (χ1v) is 12.0. The SMILES string of the molecule is N#Cc1c(C(F)(F)F)cc(-c2ccc(OCc3ccc(F)cc3)cc2)nc1SCc1ccccc1Cl. The van der Waals surface area contributed by atoms with Gasteiger partial charge in [0.25, 0.3) is 0 Å². The van der Waals surface area contributed by atoms with Crippen LogP contribution in [0.15, 0.2) is 83.9 Å². The molecule has 0 atom stereocenters. The maximum Gasteiger partial charge on any atom is 0.417 e. The Morgan fingerprint density at radius 1 is 0.972 bits per heavy atom. The van der Waals surface area contributed by atoms with E-state index in [9.17, 15) is 22.8 Å². The molecule has 1 heterocycles. The maximum absolute atomic E-state index is 13.8. The Balaban J connectivity index is 1.61. The summed E-state index contributed by atoms with van der Waals surface area (Å²) in [6, 6.07) is 21.8. The maximum atomic E-state index is 13.8. The van der Waals surface area contributed by atoms with Crippen LogP contribution in [0.5, 0.6) is 5.75 Å². The van der Waals surface area contributed by atoms with Gasteiger partial charge < -0.3 is 4.74 Å². The van der Waals surface area contributed by atoms with Crippen LogP contribution in [0, 0.1) is 17.1 Å². The van der Waals surface area contributed by atoms with E-state index in [0.717, 1.165) is 29.0 Å². The molecule has 1 aromatic heterocycles. The van der Waals surface area contributed by atoms with Crippen LogP contribution in [-0.2, 0) is 18.5 Å². The highest BCUT2D eigenvalue weighted by atomic mass is 35.5. The van der Waals surface area contributed by atoms with Crippen LogP contribution in [0.3, 0.4) is 0 Å². The molecule has 0 fully saturated rings. The predicted molar refractivity (Wildman–Crippen MR) is 131 cm³/mol. The van der Waals surface area contributed by atoms with Gasteiger partial charge in [-0.05, 0) is 59.7 Å². The Bertz CT molecular complexity index is 1400. The number of rotatable bonds is 7. The third-order valence-electron chi connectivity index (χ3n) is 5.19. The van der Waals surface area contributed by atoms with Gasteiger partial charge in [0.2, 0.25) is 0 Å². The zero-order valence-electron chi connectivity index (χ0n) is 18.5. The summed E-state index contributed by atoms with van der Waals surface area (Å²) in [5.74, 6) is 0.389. The number of hydrogen-bond acceptors (Lipinski definition) is 4. The normalized spacial score (nSPS) is 11.2. The van der Waals surface area contributed by atoms with E-state index in [2.05, 4.69) is 4.98 Å². The van der Waals surface area contributed by atoms with Gasteiger partial charge in [-0.1, -0.05) is 41.9 Å². The van der Waals surface area contributed by atoms with Gasteiger partial charge in [0.05, 0.1) is 16.8 Å². The van der Waals surface area contributed by atoms with E-state index >= 15 is 0 Å². The van der Waals surface area contributed by atoms with Crippen LogP contribution in [-0.4, -0.2) is 4.98 Å². The summed E-state index contributed by atoms with van der Waals surface area (Å²) in [6.07, 6.45) is -4.74. The van der Waals surface area contributed by atoms with Crippen LogP contribution in [0.4, 0.5) is 17.6 Å². The Hall–Kier alpha value is -3.54. The van der Waals surface area contributed by atoms with Gasteiger partial charge in [0.1, 0.15) is 29.3 Å². The average molecular weight is 529 g/mol. The summed E-state index contributed by atoms with van der Waals surface area (Å²) in [5, 5.41) is 9.96. The van der Waals surface area contributed by atoms with Gasteiger partial charge in [0.15, 0.2) is 0 Å². The van der Waals surface area contributed by atoms with Crippen LogP contribution in [0.25, 0.3) is 11.3 Å². The number of hydrogen-bond donors (Lipinski definition) is 0. The van der Waals surface area contributed by atoms with E-state index in [4.69, 9.17) is 16.3 Å². The van der Waals surface area contributed by atoms with E-state index < -0.39 is 17.3 Å². The molecule has 182 valence electrons. The highest BCUT2D eigenvalue weighted by molar-refractivity contribution is 7.98. The molecule has 0 aliphatic heterocycles. The molecule has 0 N–H and O–H groups in total. The lowest BCUT2D eigenvalue weighted by Crippen LogP contribution is -2.10. The average Bonchev–Trinajstić information content (AvgIpc) is 2.87. The van der Waals surface area contributed by atoms with E-state index in [1.165, 1.54) is 12.1 Å². The number of halogens is 5. The minimum absolute atomic E-state index is 0.0288. The number of ether oxygens (including phenoxy) is 1. The second kappa shape index (κ2) is 11.0. The topological polar surface area (TPSA) is 45.9 Å². The Labute approximate surface area is 214 Å². The number of nitriles is 1. The van der Waals surface area contributed by atoms with Crippen molar-refractivity contribution >= 4 is 23.4 Å². The number of thioether (sulfide) groups is 1. The molecule has 4 rings (SSSR count). The summed E-state index contributed by atoms with van der Waals surface area (Å²) in [5.41, 5.74) is 0.420. The molecule has 0 radical (unpaired) electrons. The molecule has 0 aliphatic carbocycles. The highest BCUT2D eigenvalue weighted by Gasteiger charge is 2.36. The highest BCUT2D eigenvalue weighted by Crippen LogP contribution is 2.39. The summed E-state index contributed by atoms with van der Waals surface area (Å²) >= 11 is 7.19. The standard InChI is InChI=1S/C27H17ClF4N2OS/c28-24-4-2-1-3-19(24)16-36-26-22(14-33)23(27(30,31)32)13-25(34-26)18-7-11-21(12-8-18)35-15-17-5-9-20(29)10-6-17/h1-13H,15-16H2. The van der Waals surface area contributed by atoms with Crippen LogP contribution in [0.2, 0.25) is 5.02 Å². The summed E-state index contributed by atoms with van der Waals surface area (Å²) in [7, 11) is 0. The van der Waals surface area contributed by atoms with Crippen molar-refractivity contribution in [3.8, 4) is 23.1 Å².